The van der Waals surface area contributed by atoms with E-state index in [1.807, 2.05) is 18.2 Å². The van der Waals surface area contributed by atoms with Crippen LogP contribution in [0.15, 0.2) is 22.5 Å². The van der Waals surface area contributed by atoms with E-state index in [2.05, 4.69) is 17.2 Å². The van der Waals surface area contributed by atoms with E-state index < -0.39 is 0 Å². The highest BCUT2D eigenvalue weighted by Crippen LogP contribution is 2.31. The van der Waals surface area contributed by atoms with E-state index in [4.69, 9.17) is 11.6 Å². The highest BCUT2D eigenvalue weighted by molar-refractivity contribution is 8.01. The summed E-state index contributed by atoms with van der Waals surface area (Å²) in [5.74, 6) is 1.13. The Morgan fingerprint density at radius 3 is 3.09 bits per heavy atom. The third-order valence-electron chi connectivity index (χ3n) is 4.11. The van der Waals surface area contributed by atoms with Crippen LogP contribution in [0.2, 0.25) is 5.02 Å². The summed E-state index contributed by atoms with van der Waals surface area (Å²) in [6.07, 6.45) is 4.84. The Morgan fingerprint density at radius 1 is 1.45 bits per heavy atom. The average molecular weight is 355 g/mol. The van der Waals surface area contributed by atoms with Gasteiger partial charge >= 0.3 is 0 Å². The largest absolute Gasteiger partial charge is 0.352 e. The van der Waals surface area contributed by atoms with Crippen molar-refractivity contribution in [1.82, 2.24) is 10.3 Å². The Morgan fingerprint density at radius 2 is 2.27 bits per heavy atom. The lowest BCUT2D eigenvalue weighted by Gasteiger charge is -2.29. The fraction of sp³-hybridized carbons (Fsp3) is 0.500. The number of rotatable bonds is 4. The molecule has 1 N–H and O–H groups in total. The molecule has 0 saturated heterocycles. The van der Waals surface area contributed by atoms with Crippen molar-refractivity contribution in [2.24, 2.45) is 5.92 Å². The summed E-state index contributed by atoms with van der Waals surface area (Å²) >= 11 is 9.08. The summed E-state index contributed by atoms with van der Waals surface area (Å²) in [7, 11) is 0. The van der Waals surface area contributed by atoms with Crippen molar-refractivity contribution in [2.45, 2.75) is 43.0 Å². The van der Waals surface area contributed by atoms with Crippen LogP contribution < -0.4 is 5.32 Å². The standard InChI is InChI=1S/C16H19ClN2OS2/c1-10-4-2-3-5-12(10)18-15(20)9-21-16-19-13-8-11(17)6-7-14(13)22-16/h6-8,10,12H,2-5,9H2,1H3,(H,18,20)/t10-,12+/m1/s1. The van der Waals surface area contributed by atoms with E-state index in [-0.39, 0.29) is 5.91 Å². The second kappa shape index (κ2) is 7.20. The van der Waals surface area contributed by atoms with Gasteiger partial charge in [-0.3, -0.25) is 4.79 Å². The van der Waals surface area contributed by atoms with Crippen LogP contribution >= 0.6 is 34.7 Å². The van der Waals surface area contributed by atoms with Gasteiger partial charge in [0, 0.05) is 11.1 Å². The summed E-state index contributed by atoms with van der Waals surface area (Å²) in [5, 5.41) is 3.87. The van der Waals surface area contributed by atoms with E-state index in [1.165, 1.54) is 31.0 Å². The number of thioether (sulfide) groups is 1. The van der Waals surface area contributed by atoms with E-state index in [9.17, 15) is 4.79 Å². The predicted molar refractivity (Wildman–Crippen MR) is 94.9 cm³/mol. The lowest BCUT2D eigenvalue weighted by atomic mass is 9.86. The summed E-state index contributed by atoms with van der Waals surface area (Å²) < 4.78 is 2.03. The molecule has 2 aromatic rings. The number of nitrogens with one attached hydrogen (secondary N) is 1. The fourth-order valence-electron chi connectivity index (χ4n) is 2.85. The molecule has 1 aliphatic carbocycles. The Hall–Kier alpha value is -0.780. The number of carbonyl (C=O) groups is 1. The Bertz CT molecular complexity index is 673. The molecule has 1 amide bonds. The lowest BCUT2D eigenvalue weighted by molar-refractivity contribution is -0.119. The van der Waals surface area contributed by atoms with Crippen molar-refractivity contribution in [3.05, 3.63) is 23.2 Å². The molecule has 1 aliphatic rings. The van der Waals surface area contributed by atoms with Crippen molar-refractivity contribution >= 4 is 50.8 Å². The van der Waals surface area contributed by atoms with Crippen molar-refractivity contribution in [1.29, 1.82) is 0 Å². The molecule has 0 aliphatic heterocycles. The first-order valence-corrected chi connectivity index (χ1v) is 9.78. The number of halogens is 1. The molecule has 1 heterocycles. The van der Waals surface area contributed by atoms with E-state index in [0.717, 1.165) is 21.0 Å². The minimum atomic E-state index is 0.112. The van der Waals surface area contributed by atoms with Crippen LogP contribution in [0.5, 0.6) is 0 Å². The summed E-state index contributed by atoms with van der Waals surface area (Å²) in [6.45, 7) is 2.23. The molecule has 0 unspecified atom stereocenters. The number of aromatic nitrogens is 1. The van der Waals surface area contributed by atoms with Crippen molar-refractivity contribution in [2.75, 3.05) is 5.75 Å². The smallest absolute Gasteiger partial charge is 0.230 e. The fourth-order valence-corrected chi connectivity index (χ4v) is 4.87. The van der Waals surface area contributed by atoms with Gasteiger partial charge in [-0.15, -0.1) is 11.3 Å². The number of nitrogens with zero attached hydrogens (tertiary/aromatic N) is 1. The summed E-state index contributed by atoms with van der Waals surface area (Å²) in [5.41, 5.74) is 0.904. The highest BCUT2D eigenvalue weighted by Gasteiger charge is 2.22. The molecule has 1 aromatic carbocycles. The van der Waals surface area contributed by atoms with Gasteiger partial charge in [-0.25, -0.2) is 4.98 Å². The minimum absolute atomic E-state index is 0.112. The number of carbonyl (C=O) groups excluding carboxylic acids is 1. The van der Waals surface area contributed by atoms with Crippen LogP contribution in [-0.4, -0.2) is 22.7 Å². The zero-order valence-corrected chi connectivity index (χ0v) is 14.9. The van der Waals surface area contributed by atoms with Gasteiger partial charge < -0.3 is 5.32 Å². The van der Waals surface area contributed by atoms with Gasteiger partial charge in [-0.1, -0.05) is 43.1 Å². The number of fused-ring (bicyclic) bond motifs is 1. The van der Waals surface area contributed by atoms with Crippen LogP contribution in [0, 0.1) is 5.92 Å². The van der Waals surface area contributed by atoms with Gasteiger partial charge in [0.1, 0.15) is 0 Å². The Labute approximate surface area is 143 Å². The predicted octanol–water partition coefficient (Wildman–Crippen LogP) is 4.74. The summed E-state index contributed by atoms with van der Waals surface area (Å²) in [4.78, 5) is 16.6. The summed E-state index contributed by atoms with van der Waals surface area (Å²) in [6, 6.07) is 6.05. The first-order valence-electron chi connectivity index (χ1n) is 7.60. The lowest BCUT2D eigenvalue weighted by Crippen LogP contribution is -2.41. The Balaban J connectivity index is 1.55. The van der Waals surface area contributed by atoms with Crippen molar-refractivity contribution in [3.63, 3.8) is 0 Å². The van der Waals surface area contributed by atoms with Crippen LogP contribution in [0.1, 0.15) is 32.6 Å². The molecule has 3 nitrogen and oxygen atoms in total. The van der Waals surface area contributed by atoms with Gasteiger partial charge in [0.25, 0.3) is 0 Å². The molecule has 1 saturated carbocycles. The van der Waals surface area contributed by atoms with Gasteiger partial charge in [0.15, 0.2) is 4.34 Å². The van der Waals surface area contributed by atoms with Gasteiger partial charge in [-0.05, 0) is 37.0 Å². The molecule has 3 rings (SSSR count). The first-order chi connectivity index (χ1) is 10.6. The monoisotopic (exact) mass is 354 g/mol. The van der Waals surface area contributed by atoms with E-state index >= 15 is 0 Å². The molecule has 0 spiro atoms. The van der Waals surface area contributed by atoms with Gasteiger partial charge in [0.05, 0.1) is 16.0 Å². The molecular weight excluding hydrogens is 336 g/mol. The minimum Gasteiger partial charge on any atom is -0.352 e. The van der Waals surface area contributed by atoms with E-state index in [1.54, 1.807) is 11.3 Å². The molecule has 0 bridgehead atoms. The van der Waals surface area contributed by atoms with Crippen molar-refractivity contribution < 1.29 is 4.79 Å². The van der Waals surface area contributed by atoms with E-state index in [0.29, 0.717) is 22.7 Å². The quantitative estimate of drug-likeness (QED) is 0.806. The maximum Gasteiger partial charge on any atom is 0.230 e. The normalized spacial score (nSPS) is 21.9. The number of thiazole rings is 1. The average Bonchev–Trinajstić information content (AvgIpc) is 2.89. The van der Waals surface area contributed by atoms with Crippen molar-refractivity contribution in [3.8, 4) is 0 Å². The topological polar surface area (TPSA) is 42.0 Å². The first kappa shape index (κ1) is 16.1. The second-order valence-electron chi connectivity index (χ2n) is 5.82. The molecule has 1 fully saturated rings. The second-order valence-corrected chi connectivity index (χ2v) is 8.51. The van der Waals surface area contributed by atoms with Crippen LogP contribution in [0.3, 0.4) is 0 Å². The van der Waals surface area contributed by atoms with Crippen LogP contribution in [0.25, 0.3) is 10.2 Å². The maximum absolute atomic E-state index is 12.1. The number of amides is 1. The molecular formula is C16H19ClN2OS2. The maximum atomic E-state index is 12.1. The zero-order valence-electron chi connectivity index (χ0n) is 12.5. The molecule has 118 valence electrons. The molecule has 22 heavy (non-hydrogen) atoms. The highest BCUT2D eigenvalue weighted by atomic mass is 35.5. The van der Waals surface area contributed by atoms with Crippen LogP contribution in [0.4, 0.5) is 0 Å². The van der Waals surface area contributed by atoms with Gasteiger partial charge in [0.2, 0.25) is 5.91 Å². The molecule has 2 atom stereocenters. The number of hydrogen-bond donors (Lipinski definition) is 1. The molecule has 6 heteroatoms. The third-order valence-corrected chi connectivity index (χ3v) is 6.53. The number of hydrogen-bond acceptors (Lipinski definition) is 4. The van der Waals surface area contributed by atoms with Gasteiger partial charge in [-0.2, -0.15) is 0 Å². The molecule has 1 aromatic heterocycles. The number of benzene rings is 1. The third kappa shape index (κ3) is 3.94. The molecule has 0 radical (unpaired) electrons. The Kier molecular flexibility index (Phi) is 5.26. The SMILES string of the molecule is C[C@@H]1CCCC[C@@H]1NC(=O)CSc1nc2cc(Cl)ccc2s1. The van der Waals surface area contributed by atoms with Crippen LogP contribution in [-0.2, 0) is 4.79 Å². The zero-order chi connectivity index (χ0) is 15.5.